The number of fused-ring (bicyclic) bond motifs is 12. The summed E-state index contributed by atoms with van der Waals surface area (Å²) in [6, 6.07) is 21.0. The zero-order valence-electron chi connectivity index (χ0n) is 56.4. The molecule has 0 amide bonds. The van der Waals surface area contributed by atoms with Crippen LogP contribution in [0, 0.1) is 39.9 Å². The van der Waals surface area contributed by atoms with Gasteiger partial charge in [-0.15, -0.1) is 0 Å². The van der Waals surface area contributed by atoms with Crippen LogP contribution in [0.1, 0.15) is 286 Å². The number of aliphatic hydroxyl groups is 1. The SMILES string of the molecule is CC(=O)Oc1ccc2c(c1C(C)C)CCC1C(C)(C)CCC[C@@]21C.CC(C)c1c(O)ccc2c1CCC1C(C)(C(=O)O)CCCC21C.COC(=O)[C@]1(C)CCC[C@@]2(C)c3ccc(O)c(C(C)C)c3CCC12.C[C@@]12CC[C@H](O)C[C@@H]1CCc1ccccc12. The summed E-state index contributed by atoms with van der Waals surface area (Å²) in [6.07, 6.45) is 21.3. The number of methoxy groups -OCH3 is 1. The van der Waals surface area contributed by atoms with Crippen molar-refractivity contribution in [1.29, 1.82) is 0 Å². The van der Waals surface area contributed by atoms with Gasteiger partial charge in [0.05, 0.1) is 24.0 Å². The molecule has 0 heterocycles. The van der Waals surface area contributed by atoms with E-state index in [0.29, 0.717) is 46.0 Å². The van der Waals surface area contributed by atoms with Crippen LogP contribution in [0.25, 0.3) is 0 Å². The molecule has 9 heteroatoms. The van der Waals surface area contributed by atoms with E-state index in [0.717, 1.165) is 113 Å². The molecule has 9 nitrogen and oxygen atoms in total. The predicted molar refractivity (Wildman–Crippen MR) is 350 cm³/mol. The summed E-state index contributed by atoms with van der Waals surface area (Å²) in [5, 5.41) is 40.3. The Bertz CT molecular complexity index is 3200. The molecule has 4 N–H and O–H groups in total. The lowest BCUT2D eigenvalue weighted by Gasteiger charge is -2.54. The topological polar surface area (TPSA) is 151 Å². The van der Waals surface area contributed by atoms with Crippen LogP contribution in [0.3, 0.4) is 0 Å². The summed E-state index contributed by atoms with van der Waals surface area (Å²) in [5.74, 6) is 3.46. The molecule has 12 rings (SSSR count). The van der Waals surface area contributed by atoms with Gasteiger partial charge in [0.25, 0.3) is 0 Å². The van der Waals surface area contributed by atoms with Gasteiger partial charge >= 0.3 is 17.9 Å². The van der Waals surface area contributed by atoms with Crippen molar-refractivity contribution in [1.82, 2.24) is 0 Å². The van der Waals surface area contributed by atoms with Gasteiger partial charge in [-0.3, -0.25) is 14.4 Å². The molecule has 4 saturated carbocycles. The van der Waals surface area contributed by atoms with Crippen molar-refractivity contribution in [2.45, 2.75) is 278 Å². The highest BCUT2D eigenvalue weighted by Gasteiger charge is 2.58. The van der Waals surface area contributed by atoms with Crippen molar-refractivity contribution in [2.75, 3.05) is 7.11 Å². The number of carboxylic acids is 1. The van der Waals surface area contributed by atoms with Crippen LogP contribution in [0.2, 0.25) is 0 Å². The van der Waals surface area contributed by atoms with Crippen LogP contribution in [0.4, 0.5) is 0 Å². The Morgan fingerprint density at radius 3 is 1.47 bits per heavy atom. The third-order valence-electron chi connectivity index (χ3n) is 24.9. The molecule has 476 valence electrons. The number of aryl methyl sites for hydroxylation is 1. The molecule has 8 aliphatic carbocycles. The molecule has 11 atom stereocenters. The smallest absolute Gasteiger partial charge is 0.311 e. The van der Waals surface area contributed by atoms with E-state index in [9.17, 15) is 34.8 Å². The van der Waals surface area contributed by atoms with E-state index in [1.54, 1.807) is 5.56 Å². The van der Waals surface area contributed by atoms with Gasteiger partial charge in [0.2, 0.25) is 0 Å². The standard InChI is InChI=1S/C22H32O2.C21H30O3.C20H28O3.C15H20O/c1-14(2)20-16-8-11-19-21(4,5)12-7-13-22(19,6)17(16)9-10-18(20)24-15(3)23;1-13(2)18-14-7-10-17-20(3,15(14)8-9-16(18)22)11-6-12-21(17,4)19(23)24-5;1-12(2)17-13-6-9-16-19(3,14(13)7-8-15(17)21)10-5-11-20(16,4)18(22)23;1-15-9-8-13(16)10-12(15)7-6-11-4-2-3-5-14(11)15/h9-10,14,19H,7-8,11-13H2,1-6H3;8-9,13,17,22H,6-7,10-12H2,1-5H3;7-8,12,16,21H,5-6,9-11H2,1-4H3,(H,22,23);2-5,12-13,16H,6-10H2,1H3/t19?,22-;17?,20-,21+;;12-,13-,15+/m00.0/s1. The number of hydrogen-bond acceptors (Lipinski definition) is 8. The van der Waals surface area contributed by atoms with Gasteiger partial charge in [-0.25, -0.2) is 0 Å². The number of carboxylic acid groups (broad SMARTS) is 1. The minimum Gasteiger partial charge on any atom is -0.508 e. The molecule has 0 aromatic heterocycles. The Balaban J connectivity index is 0.000000140. The summed E-state index contributed by atoms with van der Waals surface area (Å²) in [4.78, 5) is 36.0. The molecule has 87 heavy (non-hydrogen) atoms. The number of carbonyl (C=O) groups is 3. The van der Waals surface area contributed by atoms with Gasteiger partial charge in [0.15, 0.2) is 0 Å². The van der Waals surface area contributed by atoms with Crippen molar-refractivity contribution in [2.24, 2.45) is 39.9 Å². The van der Waals surface area contributed by atoms with Gasteiger partial charge in [-0.05, 0) is 265 Å². The van der Waals surface area contributed by atoms with Crippen molar-refractivity contribution in [3.05, 3.63) is 122 Å². The zero-order valence-corrected chi connectivity index (χ0v) is 56.4. The fraction of sp³-hybridized carbons (Fsp3) is 0.654. The molecule has 8 aliphatic rings. The zero-order chi connectivity index (χ0) is 63.6. The van der Waals surface area contributed by atoms with Gasteiger partial charge in [-0.1, -0.05) is 145 Å². The third-order valence-corrected chi connectivity index (χ3v) is 24.9. The first kappa shape index (κ1) is 66.3. The molecule has 4 fully saturated rings. The minimum atomic E-state index is -0.653. The molecule has 0 saturated heterocycles. The summed E-state index contributed by atoms with van der Waals surface area (Å²) >= 11 is 0. The van der Waals surface area contributed by atoms with Gasteiger partial charge < -0.3 is 29.9 Å². The van der Waals surface area contributed by atoms with Crippen LogP contribution < -0.4 is 4.74 Å². The van der Waals surface area contributed by atoms with Crippen molar-refractivity contribution >= 4 is 17.9 Å². The number of phenols is 2. The van der Waals surface area contributed by atoms with E-state index < -0.39 is 16.8 Å². The molecular weight excluding hydrogens is 1080 g/mol. The van der Waals surface area contributed by atoms with E-state index in [-0.39, 0.29) is 46.1 Å². The second kappa shape index (κ2) is 24.9. The number of aliphatic hydroxyl groups excluding tert-OH is 1. The molecule has 5 unspecified atom stereocenters. The Morgan fingerprint density at radius 1 is 0.506 bits per heavy atom. The van der Waals surface area contributed by atoms with Crippen LogP contribution in [-0.4, -0.2) is 51.5 Å². The number of aromatic hydroxyl groups is 2. The summed E-state index contributed by atoms with van der Waals surface area (Å²) in [5.41, 5.74) is 14.5. The summed E-state index contributed by atoms with van der Waals surface area (Å²) in [6.45, 7) is 32.8. The van der Waals surface area contributed by atoms with Crippen molar-refractivity contribution in [3.63, 3.8) is 0 Å². The average molecular weight is 1190 g/mol. The summed E-state index contributed by atoms with van der Waals surface area (Å²) < 4.78 is 10.7. The maximum atomic E-state index is 12.6. The number of phenolic OH excluding ortho intramolecular Hbond substituents is 2. The molecule has 4 aromatic rings. The summed E-state index contributed by atoms with van der Waals surface area (Å²) in [7, 11) is 1.51. The van der Waals surface area contributed by atoms with Crippen LogP contribution in [0.5, 0.6) is 17.2 Å². The maximum Gasteiger partial charge on any atom is 0.311 e. The van der Waals surface area contributed by atoms with E-state index in [1.807, 2.05) is 25.1 Å². The number of hydrogen-bond donors (Lipinski definition) is 4. The first-order chi connectivity index (χ1) is 40.8. The molecule has 0 spiro atoms. The third kappa shape index (κ3) is 11.7. The van der Waals surface area contributed by atoms with E-state index in [2.05, 4.69) is 132 Å². The number of benzene rings is 4. The molecular formula is C78H110O9. The van der Waals surface area contributed by atoms with Crippen molar-refractivity contribution < 1.29 is 44.3 Å². The quantitative estimate of drug-likeness (QED) is 0.109. The minimum absolute atomic E-state index is 0.0217. The number of rotatable bonds is 6. The number of esters is 2. The highest BCUT2D eigenvalue weighted by Crippen LogP contribution is 2.62. The lowest BCUT2D eigenvalue weighted by Crippen LogP contribution is -2.52. The Kier molecular flexibility index (Phi) is 19.0. The Labute approximate surface area is 523 Å². The van der Waals surface area contributed by atoms with Gasteiger partial charge in [-0.2, -0.15) is 0 Å². The van der Waals surface area contributed by atoms with E-state index >= 15 is 0 Å². The molecule has 0 bridgehead atoms. The van der Waals surface area contributed by atoms with Gasteiger partial charge in [0.1, 0.15) is 17.2 Å². The second-order valence-electron chi connectivity index (χ2n) is 31.6. The van der Waals surface area contributed by atoms with E-state index in [1.165, 1.54) is 97.1 Å². The van der Waals surface area contributed by atoms with Gasteiger partial charge in [0, 0.05) is 12.5 Å². The largest absolute Gasteiger partial charge is 0.508 e. The van der Waals surface area contributed by atoms with Crippen LogP contribution >= 0.6 is 0 Å². The normalized spacial score (nSPS) is 32.3. The number of ether oxygens (including phenoxy) is 2. The van der Waals surface area contributed by atoms with Crippen LogP contribution in [-0.2, 0) is 66.5 Å². The fourth-order valence-corrected chi connectivity index (χ4v) is 20.7. The van der Waals surface area contributed by atoms with Crippen LogP contribution in [0.15, 0.2) is 60.7 Å². The highest BCUT2D eigenvalue weighted by atomic mass is 16.5. The molecule has 0 radical (unpaired) electrons. The fourth-order valence-electron chi connectivity index (χ4n) is 20.7. The number of carbonyl (C=O) groups excluding carboxylic acids is 2. The lowest BCUT2D eigenvalue weighted by molar-refractivity contribution is -0.161. The average Bonchev–Trinajstić information content (AvgIpc) is 0.790. The number of aliphatic carboxylic acids is 1. The highest BCUT2D eigenvalue weighted by molar-refractivity contribution is 5.78. The maximum absolute atomic E-state index is 12.6. The second-order valence-corrected chi connectivity index (χ2v) is 31.6. The molecule has 4 aromatic carbocycles. The Hall–Kier alpha value is -5.15. The van der Waals surface area contributed by atoms with E-state index in [4.69, 9.17) is 9.47 Å². The Morgan fingerprint density at radius 2 is 0.966 bits per heavy atom. The monoisotopic (exact) mass is 1190 g/mol. The first-order valence-electron chi connectivity index (χ1n) is 34.0. The lowest BCUT2D eigenvalue weighted by atomic mass is 9.49. The molecule has 0 aliphatic heterocycles. The van der Waals surface area contributed by atoms with Crippen molar-refractivity contribution in [3.8, 4) is 17.2 Å². The first-order valence-corrected chi connectivity index (χ1v) is 34.0. The predicted octanol–water partition coefficient (Wildman–Crippen LogP) is 18.1.